The van der Waals surface area contributed by atoms with E-state index in [9.17, 15) is 9.59 Å². The van der Waals surface area contributed by atoms with Crippen LogP contribution in [0.1, 0.15) is 23.3 Å². The Kier molecular flexibility index (Phi) is 5.43. The first kappa shape index (κ1) is 18.0. The van der Waals surface area contributed by atoms with Gasteiger partial charge in [0, 0.05) is 37.0 Å². The molecule has 1 aromatic carbocycles. The summed E-state index contributed by atoms with van der Waals surface area (Å²) in [7, 11) is 0. The van der Waals surface area contributed by atoms with E-state index >= 15 is 0 Å². The Labute approximate surface area is 163 Å². The summed E-state index contributed by atoms with van der Waals surface area (Å²) in [6.45, 7) is 2.86. The molecule has 0 unspecified atom stereocenters. The van der Waals surface area contributed by atoms with Gasteiger partial charge >= 0.3 is 0 Å². The highest BCUT2D eigenvalue weighted by molar-refractivity contribution is 7.10. The van der Waals surface area contributed by atoms with Crippen molar-refractivity contribution in [3.8, 4) is 5.75 Å². The van der Waals surface area contributed by atoms with Crippen LogP contribution in [0, 0.1) is 5.92 Å². The maximum atomic E-state index is 12.9. The second-order valence-corrected chi connectivity index (χ2v) is 8.14. The molecule has 0 N–H and O–H groups in total. The summed E-state index contributed by atoms with van der Waals surface area (Å²) in [5.41, 5.74) is 1.30. The summed E-state index contributed by atoms with van der Waals surface area (Å²) in [6.07, 6.45) is 2.44. The average Bonchev–Trinajstić information content (AvgIpc) is 3.20. The van der Waals surface area contributed by atoms with Gasteiger partial charge in [0.05, 0.1) is 0 Å². The predicted molar refractivity (Wildman–Crippen MR) is 105 cm³/mol. The summed E-state index contributed by atoms with van der Waals surface area (Å²) < 4.78 is 5.55. The fraction of sp³-hybridized carbons (Fsp3) is 0.429. The lowest BCUT2D eigenvalue weighted by molar-refractivity contribution is -0.142. The molecule has 27 heavy (non-hydrogen) atoms. The maximum absolute atomic E-state index is 12.9. The van der Waals surface area contributed by atoms with Crippen LogP contribution in [0.2, 0.25) is 0 Å². The first-order valence-corrected chi connectivity index (χ1v) is 10.4. The van der Waals surface area contributed by atoms with Crippen molar-refractivity contribution in [2.75, 3.05) is 26.2 Å². The van der Waals surface area contributed by atoms with Gasteiger partial charge in [0.25, 0.3) is 5.91 Å². The van der Waals surface area contributed by atoms with Gasteiger partial charge in [0.2, 0.25) is 5.91 Å². The second-order valence-electron chi connectivity index (χ2n) is 7.14. The number of thiophene rings is 1. The Morgan fingerprint density at radius 1 is 1.04 bits per heavy atom. The Morgan fingerprint density at radius 3 is 2.59 bits per heavy atom. The van der Waals surface area contributed by atoms with Crippen LogP contribution in [0.25, 0.3) is 0 Å². The third-order valence-corrected chi connectivity index (χ3v) is 6.44. The van der Waals surface area contributed by atoms with Crippen LogP contribution in [0.5, 0.6) is 5.75 Å². The van der Waals surface area contributed by atoms with Gasteiger partial charge in [0.1, 0.15) is 5.75 Å². The minimum Gasteiger partial charge on any atom is -0.484 e. The number of nitrogens with zero attached hydrogens (tertiary/aromatic N) is 2. The molecule has 1 fully saturated rings. The van der Waals surface area contributed by atoms with Gasteiger partial charge < -0.3 is 14.5 Å². The molecule has 1 aromatic heterocycles. The van der Waals surface area contributed by atoms with Gasteiger partial charge in [-0.1, -0.05) is 18.2 Å². The van der Waals surface area contributed by atoms with Crippen molar-refractivity contribution in [3.05, 3.63) is 52.2 Å². The Morgan fingerprint density at radius 2 is 1.81 bits per heavy atom. The highest BCUT2D eigenvalue weighted by Crippen LogP contribution is 2.27. The van der Waals surface area contributed by atoms with Gasteiger partial charge in [0.15, 0.2) is 6.61 Å². The molecule has 142 valence electrons. The molecular formula is C21H24N2O3S. The number of para-hydroxylation sites is 1. The van der Waals surface area contributed by atoms with Crippen LogP contribution < -0.4 is 4.74 Å². The van der Waals surface area contributed by atoms with Crippen molar-refractivity contribution in [2.24, 2.45) is 5.92 Å². The number of piperidine rings is 1. The Bertz CT molecular complexity index is 797. The molecule has 2 amide bonds. The molecule has 2 aromatic rings. The minimum absolute atomic E-state index is 0.00867. The fourth-order valence-corrected chi connectivity index (χ4v) is 4.71. The first-order valence-electron chi connectivity index (χ1n) is 9.50. The standard InChI is InChI=1S/C21H24N2O3S/c24-20(15-26-18-4-2-1-3-5-18)22-10-6-16(7-11-22)21(25)23-12-8-19-17(14-23)9-13-27-19/h1-5,9,13,16H,6-8,10-12,14-15H2. The largest absolute Gasteiger partial charge is 0.484 e. The van der Waals surface area contributed by atoms with Gasteiger partial charge in [-0.05, 0) is 48.4 Å². The van der Waals surface area contributed by atoms with E-state index < -0.39 is 0 Å². The average molecular weight is 385 g/mol. The summed E-state index contributed by atoms with van der Waals surface area (Å²) in [5.74, 6) is 0.975. The van der Waals surface area contributed by atoms with E-state index in [-0.39, 0.29) is 24.3 Å². The van der Waals surface area contributed by atoms with Gasteiger partial charge in [-0.15, -0.1) is 11.3 Å². The van der Waals surface area contributed by atoms with E-state index in [2.05, 4.69) is 11.4 Å². The molecule has 4 rings (SSSR count). The van der Waals surface area contributed by atoms with E-state index in [4.69, 9.17) is 4.74 Å². The zero-order chi connectivity index (χ0) is 18.6. The van der Waals surface area contributed by atoms with Gasteiger partial charge in [-0.25, -0.2) is 0 Å². The van der Waals surface area contributed by atoms with Crippen LogP contribution in [0.15, 0.2) is 41.8 Å². The molecule has 2 aliphatic heterocycles. The smallest absolute Gasteiger partial charge is 0.260 e. The number of amides is 2. The normalized spacial score (nSPS) is 17.5. The number of fused-ring (bicyclic) bond motifs is 1. The van der Waals surface area contributed by atoms with Crippen LogP contribution in [0.4, 0.5) is 0 Å². The van der Waals surface area contributed by atoms with E-state index in [1.54, 1.807) is 11.3 Å². The molecule has 3 heterocycles. The third kappa shape index (κ3) is 4.16. The molecule has 0 atom stereocenters. The SMILES string of the molecule is O=C(COc1ccccc1)N1CCC(C(=O)N2CCc3sccc3C2)CC1. The van der Waals surface area contributed by atoms with Crippen molar-refractivity contribution in [1.29, 1.82) is 0 Å². The topological polar surface area (TPSA) is 49.9 Å². The number of rotatable bonds is 4. The molecular weight excluding hydrogens is 360 g/mol. The quantitative estimate of drug-likeness (QED) is 0.814. The van der Waals surface area contributed by atoms with Crippen LogP contribution in [-0.2, 0) is 22.6 Å². The highest BCUT2D eigenvalue weighted by atomic mass is 32.1. The molecule has 0 radical (unpaired) electrons. The monoisotopic (exact) mass is 384 g/mol. The number of carbonyl (C=O) groups excluding carboxylic acids is 2. The van der Waals surface area contributed by atoms with E-state index in [0.717, 1.165) is 32.4 Å². The summed E-state index contributed by atoms with van der Waals surface area (Å²) >= 11 is 1.79. The van der Waals surface area contributed by atoms with Crippen molar-refractivity contribution in [1.82, 2.24) is 9.80 Å². The zero-order valence-corrected chi connectivity index (χ0v) is 16.1. The molecule has 0 saturated carbocycles. The lowest BCUT2D eigenvalue weighted by atomic mass is 9.94. The highest BCUT2D eigenvalue weighted by Gasteiger charge is 2.31. The lowest BCUT2D eigenvalue weighted by Gasteiger charge is -2.35. The van der Waals surface area contributed by atoms with Crippen molar-refractivity contribution >= 4 is 23.2 Å². The van der Waals surface area contributed by atoms with Gasteiger partial charge in [-0.2, -0.15) is 0 Å². The first-order chi connectivity index (χ1) is 13.2. The van der Waals surface area contributed by atoms with Crippen LogP contribution in [-0.4, -0.2) is 47.9 Å². The van der Waals surface area contributed by atoms with E-state index in [1.165, 1.54) is 10.4 Å². The van der Waals surface area contributed by atoms with Crippen LogP contribution in [0.3, 0.4) is 0 Å². The van der Waals surface area contributed by atoms with Crippen molar-refractivity contribution in [3.63, 3.8) is 0 Å². The minimum atomic E-state index is -0.00867. The van der Waals surface area contributed by atoms with Crippen molar-refractivity contribution < 1.29 is 14.3 Å². The molecule has 6 heteroatoms. The number of carbonyl (C=O) groups is 2. The lowest BCUT2D eigenvalue weighted by Crippen LogP contribution is -2.46. The molecule has 0 spiro atoms. The number of hydrogen-bond acceptors (Lipinski definition) is 4. The molecule has 5 nitrogen and oxygen atoms in total. The number of ether oxygens (including phenoxy) is 1. The fourth-order valence-electron chi connectivity index (χ4n) is 3.82. The van der Waals surface area contributed by atoms with Crippen molar-refractivity contribution in [2.45, 2.75) is 25.8 Å². The summed E-state index contributed by atoms with van der Waals surface area (Å²) in [5, 5.41) is 2.11. The molecule has 2 aliphatic rings. The third-order valence-electron chi connectivity index (χ3n) is 5.42. The summed E-state index contributed by atoms with van der Waals surface area (Å²) in [4.78, 5) is 30.5. The molecule has 0 aliphatic carbocycles. The molecule has 1 saturated heterocycles. The van der Waals surface area contributed by atoms with Crippen LogP contribution >= 0.6 is 11.3 Å². The second kappa shape index (κ2) is 8.13. The maximum Gasteiger partial charge on any atom is 0.260 e. The number of benzene rings is 1. The van der Waals surface area contributed by atoms with Gasteiger partial charge in [-0.3, -0.25) is 9.59 Å². The Balaban J connectivity index is 1.25. The number of likely N-dealkylation sites (tertiary alicyclic amines) is 1. The predicted octanol–water partition coefficient (Wildman–Crippen LogP) is 2.95. The Hall–Kier alpha value is -2.34. The van der Waals surface area contributed by atoms with E-state index in [0.29, 0.717) is 18.8 Å². The summed E-state index contributed by atoms with van der Waals surface area (Å²) in [6, 6.07) is 11.5. The number of hydrogen-bond donors (Lipinski definition) is 0. The van der Waals surface area contributed by atoms with E-state index in [1.807, 2.05) is 40.1 Å². The zero-order valence-electron chi connectivity index (χ0n) is 15.3. The molecule has 0 bridgehead atoms.